The minimum absolute atomic E-state index is 0.00840. The molecule has 0 rings (SSSR count). The summed E-state index contributed by atoms with van der Waals surface area (Å²) < 4.78 is 6.30. The summed E-state index contributed by atoms with van der Waals surface area (Å²) in [5.41, 5.74) is 0. The van der Waals surface area contributed by atoms with E-state index in [9.17, 15) is 4.79 Å². The first-order valence-corrected chi connectivity index (χ1v) is 9.19. The summed E-state index contributed by atoms with van der Waals surface area (Å²) in [6.45, 7) is 15.3. The molecule has 3 heteroatoms. The molecule has 2 nitrogen and oxygen atoms in total. The van der Waals surface area contributed by atoms with Gasteiger partial charge in [-0.3, -0.25) is 0 Å². The number of hydrogen-bond donors (Lipinski definition) is 0. The lowest BCUT2D eigenvalue weighted by Gasteiger charge is -2.40. The van der Waals surface area contributed by atoms with E-state index in [-0.39, 0.29) is 17.1 Å². The van der Waals surface area contributed by atoms with E-state index in [0.717, 1.165) is 19.1 Å². The lowest BCUT2D eigenvalue weighted by atomic mass is 10.0. The van der Waals surface area contributed by atoms with Gasteiger partial charge < -0.3 is 9.22 Å². The van der Waals surface area contributed by atoms with Crippen molar-refractivity contribution >= 4 is 14.6 Å². The van der Waals surface area contributed by atoms with Crippen LogP contribution in [-0.4, -0.2) is 20.7 Å². The lowest BCUT2D eigenvalue weighted by molar-refractivity contribution is -0.113. The van der Waals surface area contributed by atoms with Crippen LogP contribution < -0.4 is 0 Å². The van der Waals surface area contributed by atoms with Gasteiger partial charge in [0.15, 0.2) is 8.32 Å². The van der Waals surface area contributed by atoms with Crippen molar-refractivity contribution < 1.29 is 9.22 Å². The fraction of sp³-hybridized carbons (Fsp3) is 0.923. The first-order valence-electron chi connectivity index (χ1n) is 6.28. The maximum absolute atomic E-state index is 10.9. The molecular weight excluding hydrogens is 216 g/mol. The van der Waals surface area contributed by atoms with Gasteiger partial charge in [0.2, 0.25) is 0 Å². The zero-order chi connectivity index (χ0) is 13.0. The van der Waals surface area contributed by atoms with Gasteiger partial charge in [-0.05, 0) is 24.6 Å². The summed E-state index contributed by atoms with van der Waals surface area (Å²) in [6, 6.07) is 0. The van der Waals surface area contributed by atoms with E-state index in [2.05, 4.69) is 40.8 Å². The monoisotopic (exact) mass is 244 g/mol. The Morgan fingerprint density at radius 3 is 2.12 bits per heavy atom. The van der Waals surface area contributed by atoms with Crippen LogP contribution in [0, 0.1) is 5.92 Å². The van der Waals surface area contributed by atoms with E-state index < -0.39 is 8.32 Å². The summed E-state index contributed by atoms with van der Waals surface area (Å²) in [5.74, 6) is 0.00840. The van der Waals surface area contributed by atoms with Crippen molar-refractivity contribution in [3.05, 3.63) is 0 Å². The van der Waals surface area contributed by atoms with Gasteiger partial charge in [-0.25, -0.2) is 0 Å². The molecule has 0 saturated carbocycles. The van der Waals surface area contributed by atoms with Crippen LogP contribution in [0.25, 0.3) is 0 Å². The van der Waals surface area contributed by atoms with E-state index in [1.807, 2.05) is 6.92 Å². The van der Waals surface area contributed by atoms with Crippen LogP contribution in [0.3, 0.4) is 0 Å². The summed E-state index contributed by atoms with van der Waals surface area (Å²) >= 11 is 0. The van der Waals surface area contributed by atoms with Gasteiger partial charge in [-0.1, -0.05) is 41.0 Å². The van der Waals surface area contributed by atoms with Gasteiger partial charge in [0, 0.05) is 5.92 Å². The van der Waals surface area contributed by atoms with Crippen molar-refractivity contribution in [3.8, 4) is 0 Å². The highest BCUT2D eigenvalue weighted by Gasteiger charge is 2.39. The highest BCUT2D eigenvalue weighted by atomic mass is 28.4. The standard InChI is InChI=1S/C13H28O2Si/c1-8-9-12(11(2)10-14)15-16(6,7)13(3,4)5/h10-12H,8-9H2,1-7H3/t11-,12+/m0/s1. The average Bonchev–Trinajstić information content (AvgIpc) is 2.14. The Morgan fingerprint density at radius 2 is 1.81 bits per heavy atom. The topological polar surface area (TPSA) is 26.3 Å². The van der Waals surface area contributed by atoms with Crippen LogP contribution in [-0.2, 0) is 9.22 Å². The highest BCUT2D eigenvalue weighted by Crippen LogP contribution is 2.38. The molecule has 0 aliphatic rings. The summed E-state index contributed by atoms with van der Waals surface area (Å²) in [6.07, 6.45) is 3.17. The van der Waals surface area contributed by atoms with Crippen LogP contribution in [0.5, 0.6) is 0 Å². The number of aldehydes is 1. The third-order valence-electron chi connectivity index (χ3n) is 3.63. The highest BCUT2D eigenvalue weighted by molar-refractivity contribution is 6.74. The number of hydrogen-bond acceptors (Lipinski definition) is 2. The van der Waals surface area contributed by atoms with Crippen molar-refractivity contribution in [1.29, 1.82) is 0 Å². The van der Waals surface area contributed by atoms with Crippen molar-refractivity contribution in [2.24, 2.45) is 5.92 Å². The molecule has 0 spiro atoms. The number of carbonyl (C=O) groups is 1. The molecule has 0 aromatic heterocycles. The van der Waals surface area contributed by atoms with Crippen LogP contribution in [0.15, 0.2) is 0 Å². The van der Waals surface area contributed by atoms with Gasteiger partial charge in [-0.15, -0.1) is 0 Å². The minimum Gasteiger partial charge on any atom is -0.413 e. The molecule has 0 aromatic carbocycles. The molecule has 0 amide bonds. The molecule has 0 aliphatic carbocycles. The maximum atomic E-state index is 10.9. The van der Waals surface area contributed by atoms with E-state index >= 15 is 0 Å². The molecule has 0 N–H and O–H groups in total. The average molecular weight is 244 g/mol. The SMILES string of the molecule is CCC[C@@H](O[Si](C)(C)C(C)(C)C)[C@@H](C)C=O. The summed E-state index contributed by atoms with van der Waals surface area (Å²) in [4.78, 5) is 10.9. The Morgan fingerprint density at radius 1 is 1.31 bits per heavy atom. The molecule has 2 atom stereocenters. The Labute approximate surface area is 102 Å². The largest absolute Gasteiger partial charge is 0.413 e. The first kappa shape index (κ1) is 15.8. The second kappa shape index (κ2) is 5.96. The van der Waals surface area contributed by atoms with E-state index in [1.165, 1.54) is 0 Å². The third-order valence-corrected chi connectivity index (χ3v) is 8.13. The van der Waals surface area contributed by atoms with Crippen molar-refractivity contribution in [2.45, 2.75) is 71.7 Å². The Kier molecular flexibility index (Phi) is 5.91. The van der Waals surface area contributed by atoms with E-state index in [1.54, 1.807) is 0 Å². The molecule has 0 radical (unpaired) electrons. The zero-order valence-corrected chi connectivity index (χ0v) is 13.0. The second-order valence-corrected chi connectivity index (χ2v) is 11.0. The van der Waals surface area contributed by atoms with Crippen molar-refractivity contribution in [2.75, 3.05) is 0 Å². The third kappa shape index (κ3) is 4.38. The van der Waals surface area contributed by atoms with E-state index in [0.29, 0.717) is 0 Å². The van der Waals surface area contributed by atoms with Crippen LogP contribution >= 0.6 is 0 Å². The van der Waals surface area contributed by atoms with Crippen LogP contribution in [0.4, 0.5) is 0 Å². The fourth-order valence-corrected chi connectivity index (χ4v) is 2.80. The Balaban J connectivity index is 4.68. The molecule has 0 bridgehead atoms. The second-order valence-electron chi connectivity index (χ2n) is 6.20. The number of rotatable bonds is 6. The molecule has 16 heavy (non-hydrogen) atoms. The summed E-state index contributed by atoms with van der Waals surface area (Å²) in [7, 11) is -1.74. The zero-order valence-electron chi connectivity index (χ0n) is 12.0. The quantitative estimate of drug-likeness (QED) is 0.521. The van der Waals surface area contributed by atoms with Crippen LogP contribution in [0.2, 0.25) is 18.1 Å². The molecular formula is C13H28O2Si. The predicted molar refractivity (Wildman–Crippen MR) is 72.2 cm³/mol. The van der Waals surface area contributed by atoms with Gasteiger partial charge in [0.05, 0.1) is 6.10 Å². The minimum atomic E-state index is -1.74. The smallest absolute Gasteiger partial charge is 0.192 e. The van der Waals surface area contributed by atoms with Crippen molar-refractivity contribution in [3.63, 3.8) is 0 Å². The molecule has 0 saturated heterocycles. The van der Waals surface area contributed by atoms with Crippen molar-refractivity contribution in [1.82, 2.24) is 0 Å². The van der Waals surface area contributed by atoms with E-state index in [4.69, 9.17) is 4.43 Å². The van der Waals surface area contributed by atoms with Gasteiger partial charge in [-0.2, -0.15) is 0 Å². The lowest BCUT2D eigenvalue weighted by Crippen LogP contribution is -2.45. The molecule has 0 heterocycles. The molecule has 0 aliphatic heterocycles. The van der Waals surface area contributed by atoms with Gasteiger partial charge >= 0.3 is 0 Å². The van der Waals surface area contributed by atoms with Gasteiger partial charge in [0.25, 0.3) is 0 Å². The predicted octanol–water partition coefficient (Wildman–Crippen LogP) is 4.01. The molecule has 0 fully saturated rings. The summed E-state index contributed by atoms with van der Waals surface area (Å²) in [5, 5.41) is 0.210. The molecule has 96 valence electrons. The molecule has 0 unspecified atom stereocenters. The normalized spacial score (nSPS) is 16.9. The number of carbonyl (C=O) groups excluding carboxylic acids is 1. The Bertz CT molecular complexity index is 218. The van der Waals surface area contributed by atoms with Crippen LogP contribution in [0.1, 0.15) is 47.5 Å². The molecule has 0 aromatic rings. The maximum Gasteiger partial charge on any atom is 0.192 e. The Hall–Kier alpha value is -0.153. The van der Waals surface area contributed by atoms with Gasteiger partial charge in [0.1, 0.15) is 6.29 Å². The first-order chi connectivity index (χ1) is 7.15. The fourth-order valence-electron chi connectivity index (χ4n) is 1.36.